The molecule has 1 fully saturated rings. The number of aliphatic carboxylic acids is 1. The van der Waals surface area contributed by atoms with Crippen LogP contribution in [-0.2, 0) is 14.4 Å². The lowest BCUT2D eigenvalue weighted by Gasteiger charge is -2.31. The number of amides is 2. The molecule has 0 saturated carbocycles. The second-order valence-electron chi connectivity index (χ2n) is 9.85. The summed E-state index contributed by atoms with van der Waals surface area (Å²) in [5, 5.41) is 22.0. The van der Waals surface area contributed by atoms with Crippen LogP contribution >= 0.6 is 22.9 Å². The number of amidine groups is 1. The Bertz CT molecular complexity index is 1420. The monoisotopic (exact) mass is 597 g/mol. The Kier molecular flexibility index (Phi) is 9.98. The lowest BCUT2D eigenvalue weighted by atomic mass is 10.0. The van der Waals surface area contributed by atoms with Gasteiger partial charge in [-0.2, -0.15) is 0 Å². The molecule has 216 valence electrons. The van der Waals surface area contributed by atoms with Crippen LogP contribution in [0.25, 0.3) is 10.4 Å². The zero-order valence-corrected chi connectivity index (χ0v) is 24.1. The van der Waals surface area contributed by atoms with Crippen LogP contribution in [0.2, 0.25) is 4.34 Å². The molecule has 4 rings (SSSR count). The number of hydrogen-bond acceptors (Lipinski definition) is 7. The summed E-state index contributed by atoms with van der Waals surface area (Å²) in [5.41, 5.74) is 8.17. The third-order valence-electron chi connectivity index (χ3n) is 6.71. The number of benzene rings is 2. The van der Waals surface area contributed by atoms with Crippen molar-refractivity contribution in [2.24, 2.45) is 5.73 Å². The van der Waals surface area contributed by atoms with Crippen LogP contribution in [0.3, 0.4) is 0 Å². The van der Waals surface area contributed by atoms with E-state index in [1.807, 2.05) is 42.2 Å². The highest BCUT2D eigenvalue weighted by molar-refractivity contribution is 7.19. The second-order valence-corrected chi connectivity index (χ2v) is 11.6. The molecule has 1 unspecified atom stereocenters. The zero-order valence-electron chi connectivity index (χ0n) is 22.5. The third-order valence-corrected chi connectivity index (χ3v) is 7.97. The topological polar surface area (TPSA) is 158 Å². The van der Waals surface area contributed by atoms with Gasteiger partial charge in [0.05, 0.1) is 16.9 Å². The molecule has 1 aliphatic heterocycles. The predicted octanol–water partition coefficient (Wildman–Crippen LogP) is 4.49. The summed E-state index contributed by atoms with van der Waals surface area (Å²) < 4.78 is 7.02. The molecular formula is C29H32ClN5O5S. The van der Waals surface area contributed by atoms with Crippen LogP contribution in [-0.4, -0.2) is 59.4 Å². The van der Waals surface area contributed by atoms with Gasteiger partial charge in [-0.25, -0.2) is 0 Å². The number of nitrogens with one attached hydrogen (secondary N) is 3. The van der Waals surface area contributed by atoms with E-state index in [0.717, 1.165) is 28.8 Å². The van der Waals surface area contributed by atoms with E-state index in [1.54, 1.807) is 24.3 Å². The Morgan fingerprint density at radius 2 is 1.83 bits per heavy atom. The molecule has 0 bridgehead atoms. The van der Waals surface area contributed by atoms with Crippen molar-refractivity contribution < 1.29 is 24.2 Å². The average Bonchev–Trinajstić information content (AvgIpc) is 3.35. The van der Waals surface area contributed by atoms with Crippen LogP contribution in [0.5, 0.6) is 5.75 Å². The van der Waals surface area contributed by atoms with Crippen molar-refractivity contribution in [1.29, 1.82) is 5.41 Å². The first-order chi connectivity index (χ1) is 19.6. The molecule has 2 amide bonds. The van der Waals surface area contributed by atoms with Gasteiger partial charge in [-0.3, -0.25) is 24.7 Å². The third kappa shape index (κ3) is 8.53. The van der Waals surface area contributed by atoms with E-state index in [-0.39, 0.29) is 30.9 Å². The number of carboxylic acid groups (broad SMARTS) is 1. The first-order valence-corrected chi connectivity index (χ1v) is 14.3. The van der Waals surface area contributed by atoms with Crippen molar-refractivity contribution in [1.82, 2.24) is 10.2 Å². The minimum Gasteiger partial charge on any atom is -0.490 e. The number of thiophene rings is 1. The maximum absolute atomic E-state index is 12.7. The van der Waals surface area contributed by atoms with Crippen molar-refractivity contribution in [3.63, 3.8) is 0 Å². The minimum atomic E-state index is -0.834. The fraction of sp³-hybridized carbons (Fsp3) is 0.310. The van der Waals surface area contributed by atoms with E-state index in [9.17, 15) is 14.4 Å². The molecule has 3 aromatic rings. The Balaban J connectivity index is 1.39. The van der Waals surface area contributed by atoms with Crippen molar-refractivity contribution in [3.05, 3.63) is 70.1 Å². The van der Waals surface area contributed by atoms with E-state index in [0.29, 0.717) is 34.4 Å². The van der Waals surface area contributed by atoms with E-state index < -0.39 is 17.8 Å². The van der Waals surface area contributed by atoms with E-state index >= 15 is 0 Å². The molecule has 1 aliphatic rings. The highest BCUT2D eigenvalue weighted by Crippen LogP contribution is 2.39. The van der Waals surface area contributed by atoms with E-state index in [2.05, 4.69) is 10.6 Å². The molecule has 10 nitrogen and oxygen atoms in total. The minimum absolute atomic E-state index is 0.0276. The van der Waals surface area contributed by atoms with Crippen LogP contribution in [0.1, 0.15) is 43.4 Å². The highest BCUT2D eigenvalue weighted by Gasteiger charge is 2.24. The number of carboxylic acids is 1. The number of rotatable bonds is 11. The summed E-state index contributed by atoms with van der Waals surface area (Å²) in [6.07, 6.45) is 1.03. The number of likely N-dealkylation sites (tertiary alicyclic amines) is 1. The number of halogens is 1. The summed E-state index contributed by atoms with van der Waals surface area (Å²) in [6, 6.07) is 15.6. The fourth-order valence-electron chi connectivity index (χ4n) is 4.59. The zero-order chi connectivity index (χ0) is 29.5. The molecule has 1 saturated heterocycles. The summed E-state index contributed by atoms with van der Waals surface area (Å²) >= 11 is 7.65. The predicted molar refractivity (Wildman–Crippen MR) is 160 cm³/mol. The van der Waals surface area contributed by atoms with Crippen LogP contribution in [0, 0.1) is 5.41 Å². The summed E-state index contributed by atoms with van der Waals surface area (Å²) in [7, 11) is 0. The normalized spacial score (nSPS) is 14.7. The smallest absolute Gasteiger partial charge is 0.317 e. The quantitative estimate of drug-likeness (QED) is 0.124. The molecule has 0 aliphatic carbocycles. The first-order valence-electron chi connectivity index (χ1n) is 13.1. The average molecular weight is 598 g/mol. The number of hydrogen-bond donors (Lipinski definition) is 5. The molecule has 0 spiro atoms. The van der Waals surface area contributed by atoms with Gasteiger partial charge in [0.15, 0.2) is 0 Å². The van der Waals surface area contributed by atoms with Gasteiger partial charge in [0.2, 0.25) is 11.8 Å². The number of carbonyl (C=O) groups is 3. The lowest BCUT2D eigenvalue weighted by molar-refractivity contribution is -0.138. The van der Waals surface area contributed by atoms with Gasteiger partial charge in [-0.05, 0) is 73.9 Å². The molecule has 41 heavy (non-hydrogen) atoms. The second kappa shape index (κ2) is 13.6. The molecule has 6 N–H and O–H groups in total. The van der Waals surface area contributed by atoms with Gasteiger partial charge in [0.25, 0.3) is 0 Å². The Hall–Kier alpha value is -3.93. The Morgan fingerprint density at radius 1 is 1.12 bits per heavy atom. The molecule has 1 aromatic heterocycles. The maximum atomic E-state index is 12.7. The lowest BCUT2D eigenvalue weighted by Crippen LogP contribution is -2.40. The van der Waals surface area contributed by atoms with Gasteiger partial charge < -0.3 is 26.2 Å². The number of carbonyl (C=O) groups excluding carboxylic acids is 2. The van der Waals surface area contributed by atoms with Crippen molar-refractivity contribution >= 4 is 52.2 Å². The standard InChI is InChI=1S/C29H32ClN5O5S/c1-17(33-26(36)15-27(37)34-20-5-2-18(3-6-20)29(31)32)19-4-7-23(22(14-19)24-8-9-25(30)41-24)40-21-10-12-35(13-11-21)16-28(38)39/h2-9,14,17,21H,10-13,15-16H2,1H3,(H3,31,32)(H,33,36)(H,34,37)(H,38,39). The van der Waals surface area contributed by atoms with Gasteiger partial charge in [-0.1, -0.05) is 17.7 Å². The first kappa shape index (κ1) is 30.0. The summed E-state index contributed by atoms with van der Waals surface area (Å²) in [6.45, 7) is 3.17. The van der Waals surface area contributed by atoms with Gasteiger partial charge >= 0.3 is 5.97 Å². The van der Waals surface area contributed by atoms with Crippen molar-refractivity contribution in [3.8, 4) is 16.2 Å². The molecule has 2 aromatic carbocycles. The molecule has 0 radical (unpaired) electrons. The number of nitrogens with zero attached hydrogens (tertiary/aromatic N) is 1. The Labute approximate surface area is 247 Å². The van der Waals surface area contributed by atoms with Gasteiger partial charge in [0.1, 0.15) is 24.1 Å². The molecule has 12 heteroatoms. The van der Waals surface area contributed by atoms with Crippen LogP contribution in [0.15, 0.2) is 54.6 Å². The van der Waals surface area contributed by atoms with E-state index in [4.69, 9.17) is 32.6 Å². The van der Waals surface area contributed by atoms with Crippen LogP contribution < -0.4 is 21.1 Å². The Morgan fingerprint density at radius 3 is 2.44 bits per heavy atom. The molecule has 2 heterocycles. The SMILES string of the molecule is CC(NC(=O)CC(=O)Nc1ccc(C(=N)N)cc1)c1ccc(OC2CCN(CC(=O)O)CC2)c(-c2ccc(Cl)s2)c1. The van der Waals surface area contributed by atoms with Crippen molar-refractivity contribution in [2.45, 2.75) is 38.3 Å². The number of ether oxygens (including phenoxy) is 1. The highest BCUT2D eigenvalue weighted by atomic mass is 35.5. The van der Waals surface area contributed by atoms with E-state index in [1.165, 1.54) is 11.3 Å². The van der Waals surface area contributed by atoms with Gasteiger partial charge in [0, 0.05) is 34.8 Å². The van der Waals surface area contributed by atoms with Crippen molar-refractivity contribution in [2.75, 3.05) is 25.0 Å². The molecular weight excluding hydrogens is 566 g/mol. The summed E-state index contributed by atoms with van der Waals surface area (Å²) in [5.74, 6) is -1.10. The fourth-order valence-corrected chi connectivity index (χ4v) is 5.65. The maximum Gasteiger partial charge on any atom is 0.317 e. The van der Waals surface area contributed by atoms with Gasteiger partial charge in [-0.15, -0.1) is 11.3 Å². The number of nitrogens with two attached hydrogens (primary N) is 1. The summed E-state index contributed by atoms with van der Waals surface area (Å²) in [4.78, 5) is 38.9. The largest absolute Gasteiger partial charge is 0.490 e. The number of anilines is 1. The molecule has 1 atom stereocenters. The number of nitrogen functional groups attached to an aromatic ring is 1. The van der Waals surface area contributed by atoms with Crippen LogP contribution in [0.4, 0.5) is 5.69 Å². The number of piperidine rings is 1.